The zero-order valence-corrected chi connectivity index (χ0v) is 16.5. The minimum absolute atomic E-state index is 0.194. The van der Waals surface area contributed by atoms with E-state index in [2.05, 4.69) is 5.32 Å². The van der Waals surface area contributed by atoms with Crippen LogP contribution in [-0.4, -0.2) is 44.1 Å². The highest BCUT2D eigenvalue weighted by atomic mass is 16.5. The Morgan fingerprint density at radius 3 is 2.39 bits per heavy atom. The minimum Gasteiger partial charge on any atom is -0.495 e. The highest BCUT2D eigenvalue weighted by molar-refractivity contribution is 6.36. The molecule has 3 rings (SSSR count). The number of anilines is 1. The molecule has 146 valence electrons. The molecule has 0 aromatic heterocycles. The van der Waals surface area contributed by atoms with Crippen molar-refractivity contribution in [3.8, 4) is 5.75 Å². The van der Waals surface area contributed by atoms with Gasteiger partial charge in [-0.3, -0.25) is 14.5 Å². The van der Waals surface area contributed by atoms with Gasteiger partial charge in [0.2, 0.25) is 0 Å². The molecule has 1 heterocycles. The van der Waals surface area contributed by atoms with Crippen LogP contribution >= 0.6 is 0 Å². The summed E-state index contributed by atoms with van der Waals surface area (Å²) in [5, 5.41) is 3.13. The summed E-state index contributed by atoms with van der Waals surface area (Å²) >= 11 is 0. The first-order valence-corrected chi connectivity index (χ1v) is 9.05. The van der Waals surface area contributed by atoms with E-state index in [0.29, 0.717) is 22.6 Å². The fraction of sp³-hybridized carbons (Fsp3) is 0.273. The molecule has 1 N–H and O–H groups in total. The number of ether oxygens (including phenoxy) is 2. The van der Waals surface area contributed by atoms with Crippen molar-refractivity contribution < 1.29 is 19.1 Å². The Labute approximate surface area is 164 Å². The Morgan fingerprint density at radius 2 is 1.71 bits per heavy atom. The third-order valence-electron chi connectivity index (χ3n) is 4.85. The molecular formula is C22H24N2O4. The van der Waals surface area contributed by atoms with Gasteiger partial charge in [-0.15, -0.1) is 0 Å². The van der Waals surface area contributed by atoms with Gasteiger partial charge in [-0.1, -0.05) is 30.3 Å². The molecule has 0 radical (unpaired) electrons. The molecule has 0 fully saturated rings. The van der Waals surface area contributed by atoms with Crippen molar-refractivity contribution in [3.63, 3.8) is 0 Å². The van der Waals surface area contributed by atoms with Crippen LogP contribution in [0.4, 0.5) is 5.69 Å². The van der Waals surface area contributed by atoms with E-state index in [9.17, 15) is 9.59 Å². The number of aryl methyl sites for hydroxylation is 2. The van der Waals surface area contributed by atoms with E-state index in [4.69, 9.17) is 9.47 Å². The van der Waals surface area contributed by atoms with Gasteiger partial charge in [-0.25, -0.2) is 0 Å². The number of imide groups is 1. The number of rotatable bonds is 7. The molecule has 0 saturated carbocycles. The molecule has 0 bridgehead atoms. The van der Waals surface area contributed by atoms with Gasteiger partial charge in [0.1, 0.15) is 11.4 Å². The van der Waals surface area contributed by atoms with Crippen molar-refractivity contribution in [2.45, 2.75) is 13.8 Å². The molecule has 2 amide bonds. The summed E-state index contributed by atoms with van der Waals surface area (Å²) in [6.45, 7) is 4.46. The zero-order valence-electron chi connectivity index (χ0n) is 16.5. The number of carbonyl (C=O) groups excluding carboxylic acids is 2. The molecule has 6 heteroatoms. The molecule has 0 atom stereocenters. The Bertz CT molecular complexity index is 949. The molecule has 1 aliphatic rings. The van der Waals surface area contributed by atoms with E-state index >= 15 is 0 Å². The molecule has 2 aromatic rings. The van der Waals surface area contributed by atoms with Gasteiger partial charge in [0.05, 0.1) is 31.5 Å². The van der Waals surface area contributed by atoms with Crippen molar-refractivity contribution in [1.82, 2.24) is 4.90 Å². The molecule has 28 heavy (non-hydrogen) atoms. The number of hydrogen-bond donors (Lipinski definition) is 1. The van der Waals surface area contributed by atoms with E-state index in [1.54, 1.807) is 19.2 Å². The second kappa shape index (κ2) is 8.27. The van der Waals surface area contributed by atoms with Gasteiger partial charge in [0.15, 0.2) is 0 Å². The summed E-state index contributed by atoms with van der Waals surface area (Å²) in [5.41, 5.74) is 4.10. The van der Waals surface area contributed by atoms with Crippen LogP contribution in [0.2, 0.25) is 0 Å². The summed E-state index contributed by atoms with van der Waals surface area (Å²) in [6, 6.07) is 13.0. The van der Waals surface area contributed by atoms with E-state index in [1.165, 1.54) is 12.0 Å². The molecule has 0 unspecified atom stereocenters. The number of hydrogen-bond acceptors (Lipinski definition) is 5. The number of benzene rings is 2. The number of methoxy groups -OCH3 is 2. The molecular weight excluding hydrogens is 356 g/mol. The van der Waals surface area contributed by atoms with Crippen LogP contribution in [0.3, 0.4) is 0 Å². The van der Waals surface area contributed by atoms with Crippen LogP contribution in [0.5, 0.6) is 5.75 Å². The van der Waals surface area contributed by atoms with Crippen molar-refractivity contribution >= 4 is 23.1 Å². The molecule has 6 nitrogen and oxygen atoms in total. The highest BCUT2D eigenvalue weighted by Crippen LogP contribution is 2.33. The summed E-state index contributed by atoms with van der Waals surface area (Å²) in [7, 11) is 3.10. The quantitative estimate of drug-likeness (QED) is 0.748. The Morgan fingerprint density at radius 1 is 0.964 bits per heavy atom. The highest BCUT2D eigenvalue weighted by Gasteiger charge is 2.39. The van der Waals surface area contributed by atoms with Crippen LogP contribution in [0.15, 0.2) is 48.2 Å². The lowest BCUT2D eigenvalue weighted by atomic mass is 9.99. The smallest absolute Gasteiger partial charge is 0.278 e. The normalized spacial score (nSPS) is 14.1. The fourth-order valence-electron chi connectivity index (χ4n) is 3.12. The summed E-state index contributed by atoms with van der Waals surface area (Å²) in [4.78, 5) is 27.4. The van der Waals surface area contributed by atoms with Crippen LogP contribution in [0, 0.1) is 13.8 Å². The Kier molecular flexibility index (Phi) is 5.80. The number of amides is 2. The Hall–Kier alpha value is -3.12. The lowest BCUT2D eigenvalue weighted by Crippen LogP contribution is -2.35. The predicted octanol–water partition coefficient (Wildman–Crippen LogP) is 3.15. The lowest BCUT2D eigenvalue weighted by molar-refractivity contribution is -0.137. The van der Waals surface area contributed by atoms with Crippen LogP contribution in [-0.2, 0) is 14.3 Å². The van der Waals surface area contributed by atoms with Crippen LogP contribution < -0.4 is 10.1 Å². The summed E-state index contributed by atoms with van der Waals surface area (Å²) in [6.07, 6.45) is 0. The minimum atomic E-state index is -0.374. The molecule has 2 aromatic carbocycles. The first-order valence-electron chi connectivity index (χ1n) is 9.05. The molecule has 0 spiro atoms. The third kappa shape index (κ3) is 3.64. The number of nitrogens with one attached hydrogen (secondary N) is 1. The van der Waals surface area contributed by atoms with Gasteiger partial charge in [0, 0.05) is 7.11 Å². The zero-order chi connectivity index (χ0) is 20.3. The average molecular weight is 380 g/mol. The van der Waals surface area contributed by atoms with E-state index < -0.39 is 0 Å². The van der Waals surface area contributed by atoms with Gasteiger partial charge in [0.25, 0.3) is 11.8 Å². The number of carbonyl (C=O) groups is 2. The molecule has 1 aliphatic heterocycles. The van der Waals surface area contributed by atoms with Crippen molar-refractivity contribution in [2.75, 3.05) is 32.7 Å². The summed E-state index contributed by atoms with van der Waals surface area (Å²) in [5.74, 6) is -0.117. The topological polar surface area (TPSA) is 67.9 Å². The second-order valence-electron chi connectivity index (χ2n) is 6.63. The maximum absolute atomic E-state index is 13.1. The largest absolute Gasteiger partial charge is 0.495 e. The molecule has 0 saturated heterocycles. The van der Waals surface area contributed by atoms with E-state index in [0.717, 1.165) is 11.1 Å². The predicted molar refractivity (Wildman–Crippen MR) is 108 cm³/mol. The SMILES string of the molecule is COCCN1C(=O)C(Nc2ccccc2OC)=C(c2ccc(C)c(C)c2)C1=O. The lowest BCUT2D eigenvalue weighted by Gasteiger charge is -2.15. The maximum Gasteiger partial charge on any atom is 0.278 e. The van der Waals surface area contributed by atoms with Crippen molar-refractivity contribution in [2.24, 2.45) is 0 Å². The van der Waals surface area contributed by atoms with Gasteiger partial charge < -0.3 is 14.8 Å². The van der Waals surface area contributed by atoms with Crippen molar-refractivity contribution in [3.05, 3.63) is 64.9 Å². The number of para-hydroxylation sites is 2. The fourth-order valence-corrected chi connectivity index (χ4v) is 3.12. The maximum atomic E-state index is 13.1. The van der Waals surface area contributed by atoms with E-state index in [-0.39, 0.29) is 30.7 Å². The van der Waals surface area contributed by atoms with Crippen molar-refractivity contribution in [1.29, 1.82) is 0 Å². The monoisotopic (exact) mass is 380 g/mol. The third-order valence-corrected chi connectivity index (χ3v) is 4.85. The van der Waals surface area contributed by atoms with Crippen LogP contribution in [0.25, 0.3) is 5.57 Å². The number of nitrogens with zero attached hydrogens (tertiary/aromatic N) is 1. The first kappa shape index (κ1) is 19.6. The average Bonchev–Trinajstić information content (AvgIpc) is 2.92. The van der Waals surface area contributed by atoms with Gasteiger partial charge >= 0.3 is 0 Å². The second-order valence-corrected chi connectivity index (χ2v) is 6.63. The standard InChI is InChI=1S/C22H24N2O4/c1-14-9-10-16(13-15(14)2)19-20(22(26)24(21(19)25)11-12-27-3)23-17-7-5-6-8-18(17)28-4/h5-10,13,23H,11-12H2,1-4H3. The van der Waals surface area contributed by atoms with Crippen LogP contribution in [0.1, 0.15) is 16.7 Å². The Balaban J connectivity index is 2.09. The first-order chi connectivity index (χ1) is 13.5. The molecule has 0 aliphatic carbocycles. The van der Waals surface area contributed by atoms with Gasteiger partial charge in [-0.2, -0.15) is 0 Å². The van der Waals surface area contributed by atoms with Gasteiger partial charge in [-0.05, 0) is 42.7 Å². The summed E-state index contributed by atoms with van der Waals surface area (Å²) < 4.78 is 10.4. The van der Waals surface area contributed by atoms with E-state index in [1.807, 2.05) is 44.2 Å².